The maximum atomic E-state index is 5.70. The normalized spacial score (nSPS) is 19.7. The van der Waals surface area contributed by atoms with Crippen molar-refractivity contribution in [3.63, 3.8) is 0 Å². The fraction of sp³-hybridized carbons (Fsp3) is 0.348. The number of nitrogens with two attached hydrogens (primary N) is 1. The molecule has 1 unspecified atom stereocenters. The van der Waals surface area contributed by atoms with E-state index in [0.717, 1.165) is 30.1 Å². The molecule has 3 aromatic rings. The van der Waals surface area contributed by atoms with Crippen LogP contribution in [0.15, 0.2) is 61.1 Å². The van der Waals surface area contributed by atoms with Crippen LogP contribution in [0.1, 0.15) is 31.2 Å². The van der Waals surface area contributed by atoms with Crippen LogP contribution in [0.5, 0.6) is 0 Å². The van der Waals surface area contributed by atoms with Crippen LogP contribution >= 0.6 is 0 Å². The third kappa shape index (κ3) is 3.04. The predicted molar refractivity (Wildman–Crippen MR) is 110 cm³/mol. The summed E-state index contributed by atoms with van der Waals surface area (Å²) in [6.07, 6.45) is 11.9. The number of rotatable bonds is 5. The van der Waals surface area contributed by atoms with Gasteiger partial charge in [-0.25, -0.2) is 4.98 Å². The van der Waals surface area contributed by atoms with Crippen LogP contribution in [0, 0.1) is 0 Å². The van der Waals surface area contributed by atoms with Crippen molar-refractivity contribution < 1.29 is 0 Å². The molecule has 5 rings (SSSR count). The molecule has 1 saturated carbocycles. The summed E-state index contributed by atoms with van der Waals surface area (Å²) in [5.74, 6) is 0. The highest BCUT2D eigenvalue weighted by Crippen LogP contribution is 2.32. The molecule has 4 nitrogen and oxygen atoms in total. The summed E-state index contributed by atoms with van der Waals surface area (Å²) in [5, 5.41) is 0. The van der Waals surface area contributed by atoms with E-state index in [1.54, 1.807) is 0 Å². The van der Waals surface area contributed by atoms with Gasteiger partial charge in [0, 0.05) is 19.1 Å². The molecule has 4 heteroatoms. The summed E-state index contributed by atoms with van der Waals surface area (Å²) in [5.41, 5.74) is 11.6. The van der Waals surface area contributed by atoms with Crippen molar-refractivity contribution in [1.29, 1.82) is 0 Å². The monoisotopic (exact) mass is 358 g/mol. The molecule has 2 heterocycles. The van der Waals surface area contributed by atoms with Gasteiger partial charge in [-0.2, -0.15) is 0 Å². The summed E-state index contributed by atoms with van der Waals surface area (Å²) in [6, 6.07) is 16.4. The van der Waals surface area contributed by atoms with Gasteiger partial charge in [0.15, 0.2) is 0 Å². The van der Waals surface area contributed by atoms with E-state index in [1.165, 1.54) is 35.9 Å². The third-order valence-electron chi connectivity index (χ3n) is 6.16. The Morgan fingerprint density at radius 1 is 1.04 bits per heavy atom. The van der Waals surface area contributed by atoms with Crippen LogP contribution < -0.4 is 5.73 Å². The molecular weight excluding hydrogens is 332 g/mol. The van der Waals surface area contributed by atoms with Crippen molar-refractivity contribution in [2.24, 2.45) is 5.73 Å². The molecule has 0 spiro atoms. The number of fused-ring (bicyclic) bond motifs is 1. The van der Waals surface area contributed by atoms with Gasteiger partial charge in [0.25, 0.3) is 0 Å². The van der Waals surface area contributed by atoms with E-state index in [1.807, 2.05) is 6.33 Å². The largest absolute Gasteiger partial charge is 0.370 e. The van der Waals surface area contributed by atoms with Crippen molar-refractivity contribution in [2.75, 3.05) is 0 Å². The number of hydrogen-bond donors (Lipinski definition) is 1. The summed E-state index contributed by atoms with van der Waals surface area (Å²) in [4.78, 5) is 7.27. The Morgan fingerprint density at radius 2 is 1.85 bits per heavy atom. The number of aromatic nitrogens is 2. The molecule has 1 aliphatic carbocycles. The van der Waals surface area contributed by atoms with Gasteiger partial charge in [-0.1, -0.05) is 36.4 Å². The molecule has 2 aliphatic rings. The highest BCUT2D eigenvalue weighted by atomic mass is 15.2. The lowest BCUT2D eigenvalue weighted by Crippen LogP contribution is -2.42. The quantitative estimate of drug-likeness (QED) is 0.739. The van der Waals surface area contributed by atoms with Crippen molar-refractivity contribution in [3.05, 3.63) is 66.6 Å². The van der Waals surface area contributed by atoms with Gasteiger partial charge in [0.05, 0.1) is 23.4 Å². The van der Waals surface area contributed by atoms with Crippen LogP contribution in [-0.2, 0) is 13.1 Å². The highest BCUT2D eigenvalue weighted by molar-refractivity contribution is 5.82. The molecular formula is C23H26N4. The molecule has 0 saturated heterocycles. The molecule has 1 aromatic heterocycles. The number of hydrogen-bond acceptors (Lipinski definition) is 3. The van der Waals surface area contributed by atoms with E-state index in [9.17, 15) is 0 Å². The zero-order chi connectivity index (χ0) is 18.2. The van der Waals surface area contributed by atoms with Crippen molar-refractivity contribution in [3.8, 4) is 11.1 Å². The van der Waals surface area contributed by atoms with Crippen LogP contribution in [0.4, 0.5) is 0 Å². The third-order valence-corrected chi connectivity index (χ3v) is 6.16. The van der Waals surface area contributed by atoms with E-state index >= 15 is 0 Å². The van der Waals surface area contributed by atoms with Crippen LogP contribution in [0.25, 0.3) is 22.2 Å². The standard InChI is InChI=1S/C23H26N4/c24-14-17-6-8-18(9-7-17)19-10-11-23-22(13-19)25-16-26(23)15-21-5-2-12-27(21)20-3-1-4-20/h2,6-13,16,20-21H,1,3-5,14-15,24H2. The average molecular weight is 358 g/mol. The Morgan fingerprint density at radius 3 is 2.59 bits per heavy atom. The maximum Gasteiger partial charge on any atom is 0.0959 e. The summed E-state index contributed by atoms with van der Waals surface area (Å²) >= 11 is 0. The first-order valence-electron chi connectivity index (χ1n) is 10.0. The minimum absolute atomic E-state index is 0.566. The number of benzene rings is 2. The average Bonchev–Trinajstić information content (AvgIpc) is 3.28. The summed E-state index contributed by atoms with van der Waals surface area (Å²) in [6.45, 7) is 1.59. The SMILES string of the molecule is NCc1ccc(-c2ccc3c(c2)ncn3CC2CC=CN2C2CCC2)cc1. The maximum absolute atomic E-state index is 5.70. The molecule has 27 heavy (non-hydrogen) atoms. The molecule has 0 bridgehead atoms. The van der Waals surface area contributed by atoms with Crippen LogP contribution in [-0.4, -0.2) is 26.5 Å². The van der Waals surface area contributed by atoms with Gasteiger partial charge in [-0.3, -0.25) is 0 Å². The van der Waals surface area contributed by atoms with Gasteiger partial charge in [0.1, 0.15) is 0 Å². The molecule has 2 aromatic carbocycles. The Balaban J connectivity index is 1.38. The predicted octanol–water partition coefficient (Wildman–Crippen LogP) is 4.30. The lowest BCUT2D eigenvalue weighted by atomic mass is 9.91. The van der Waals surface area contributed by atoms with E-state index in [0.29, 0.717) is 12.6 Å². The zero-order valence-electron chi connectivity index (χ0n) is 15.6. The molecule has 0 radical (unpaired) electrons. The Hall–Kier alpha value is -2.59. The Kier molecular flexibility index (Phi) is 4.21. The Labute approximate surface area is 160 Å². The lowest BCUT2D eigenvalue weighted by molar-refractivity contribution is 0.138. The zero-order valence-corrected chi connectivity index (χ0v) is 15.6. The van der Waals surface area contributed by atoms with E-state index < -0.39 is 0 Å². The van der Waals surface area contributed by atoms with E-state index in [-0.39, 0.29) is 0 Å². The molecule has 138 valence electrons. The smallest absolute Gasteiger partial charge is 0.0959 e. The fourth-order valence-electron chi connectivity index (χ4n) is 4.31. The minimum atomic E-state index is 0.566. The first-order chi connectivity index (χ1) is 13.3. The fourth-order valence-corrected chi connectivity index (χ4v) is 4.31. The van der Waals surface area contributed by atoms with Crippen LogP contribution in [0.3, 0.4) is 0 Å². The van der Waals surface area contributed by atoms with E-state index in [2.05, 4.69) is 69.2 Å². The van der Waals surface area contributed by atoms with Crippen molar-refractivity contribution in [2.45, 2.75) is 50.9 Å². The van der Waals surface area contributed by atoms with Gasteiger partial charge in [-0.05, 0) is 60.7 Å². The highest BCUT2D eigenvalue weighted by Gasteiger charge is 2.30. The topological polar surface area (TPSA) is 47.1 Å². The second kappa shape index (κ2) is 6.86. The van der Waals surface area contributed by atoms with Gasteiger partial charge >= 0.3 is 0 Å². The summed E-state index contributed by atoms with van der Waals surface area (Å²) in [7, 11) is 0. The van der Waals surface area contributed by atoms with Gasteiger partial charge in [0.2, 0.25) is 0 Å². The number of nitrogens with zero attached hydrogens (tertiary/aromatic N) is 3. The lowest BCUT2D eigenvalue weighted by Gasteiger charge is -2.39. The molecule has 1 aliphatic heterocycles. The van der Waals surface area contributed by atoms with Crippen molar-refractivity contribution in [1.82, 2.24) is 14.5 Å². The second-order valence-electron chi connectivity index (χ2n) is 7.81. The van der Waals surface area contributed by atoms with Gasteiger partial charge < -0.3 is 15.2 Å². The molecule has 0 amide bonds. The number of imidazole rings is 1. The molecule has 1 fully saturated rings. The first-order valence-corrected chi connectivity index (χ1v) is 10.0. The van der Waals surface area contributed by atoms with Gasteiger partial charge in [-0.15, -0.1) is 0 Å². The summed E-state index contributed by atoms with van der Waals surface area (Å²) < 4.78 is 2.32. The van der Waals surface area contributed by atoms with E-state index in [4.69, 9.17) is 5.73 Å². The Bertz CT molecular complexity index is 966. The van der Waals surface area contributed by atoms with Crippen LogP contribution in [0.2, 0.25) is 0 Å². The van der Waals surface area contributed by atoms with Crippen molar-refractivity contribution >= 4 is 11.0 Å². The molecule has 2 N–H and O–H groups in total. The second-order valence-corrected chi connectivity index (χ2v) is 7.81. The first kappa shape index (κ1) is 16.6. The minimum Gasteiger partial charge on any atom is -0.370 e. The molecule has 1 atom stereocenters.